The summed E-state index contributed by atoms with van der Waals surface area (Å²) in [6.45, 7) is 3.36. The van der Waals surface area contributed by atoms with Crippen molar-refractivity contribution in [3.63, 3.8) is 0 Å². The van der Waals surface area contributed by atoms with Crippen molar-refractivity contribution in [2.75, 3.05) is 0 Å². The molecule has 0 fully saturated rings. The molecule has 0 aliphatic rings. The number of aromatic carboxylic acids is 1. The molecule has 20 heavy (non-hydrogen) atoms. The molecule has 1 aromatic carbocycles. The van der Waals surface area contributed by atoms with Gasteiger partial charge in [-0.05, 0) is 24.1 Å². The second kappa shape index (κ2) is 8.43. The number of imidazole rings is 1. The Morgan fingerprint density at radius 3 is 2.45 bits per heavy atom. The standard InChI is InChI=1S/C8H15N2.C7H6O2S/c1-3-4-5-10-7-6-9(2)8-10;8-7(9)5-1-3-6(10)4-2-5/h6-8H,3-5H2,1-2H3;1-4,10H,(H,8,9)/q+1;/p-1. The van der Waals surface area contributed by atoms with E-state index in [0.717, 1.165) is 11.4 Å². The van der Waals surface area contributed by atoms with Crippen LogP contribution >= 0.6 is 12.6 Å². The van der Waals surface area contributed by atoms with Gasteiger partial charge in [0.25, 0.3) is 0 Å². The average molecular weight is 292 g/mol. The molecule has 2 rings (SSSR count). The van der Waals surface area contributed by atoms with E-state index >= 15 is 0 Å². The van der Waals surface area contributed by atoms with Gasteiger partial charge in [-0.25, -0.2) is 9.13 Å². The number of carbonyl (C=O) groups is 1. The molecule has 1 heterocycles. The maximum atomic E-state index is 10.2. The molecule has 1 aromatic heterocycles. The summed E-state index contributed by atoms with van der Waals surface area (Å²) < 4.78 is 4.28. The van der Waals surface area contributed by atoms with Crippen LogP contribution in [0, 0.1) is 0 Å². The number of carbonyl (C=O) groups excluding carboxylic acids is 1. The largest absolute Gasteiger partial charge is 0.545 e. The van der Waals surface area contributed by atoms with Crippen molar-refractivity contribution < 1.29 is 14.5 Å². The van der Waals surface area contributed by atoms with Crippen LogP contribution in [0.2, 0.25) is 0 Å². The second-order valence-corrected chi connectivity index (χ2v) is 5.02. The zero-order valence-electron chi connectivity index (χ0n) is 11.8. The van der Waals surface area contributed by atoms with Crippen molar-refractivity contribution in [2.45, 2.75) is 31.2 Å². The third-order valence-corrected chi connectivity index (χ3v) is 2.99. The topological polar surface area (TPSA) is 48.9 Å². The van der Waals surface area contributed by atoms with Crippen LogP contribution in [0.25, 0.3) is 0 Å². The maximum Gasteiger partial charge on any atom is 0.243 e. The molecule has 0 amide bonds. The fraction of sp³-hybridized carbons (Fsp3) is 0.333. The van der Waals surface area contributed by atoms with Crippen LogP contribution in [0.4, 0.5) is 0 Å². The molecule has 4 nitrogen and oxygen atoms in total. The van der Waals surface area contributed by atoms with E-state index in [4.69, 9.17) is 0 Å². The zero-order valence-corrected chi connectivity index (χ0v) is 12.7. The highest BCUT2D eigenvalue weighted by molar-refractivity contribution is 7.80. The van der Waals surface area contributed by atoms with Gasteiger partial charge in [-0.3, -0.25) is 0 Å². The zero-order chi connectivity index (χ0) is 15.0. The molecule has 0 N–H and O–H groups in total. The lowest BCUT2D eigenvalue weighted by Gasteiger charge is -1.99. The predicted molar refractivity (Wildman–Crippen MR) is 78.5 cm³/mol. The van der Waals surface area contributed by atoms with E-state index in [1.807, 2.05) is 7.05 Å². The molecule has 2 aromatic rings. The number of unbranched alkanes of at least 4 members (excludes halogenated alkanes) is 1. The Kier molecular flexibility index (Phi) is 6.87. The molecule has 0 aliphatic heterocycles. The average Bonchev–Trinajstić information content (AvgIpc) is 2.83. The molecule has 0 atom stereocenters. The highest BCUT2D eigenvalue weighted by Gasteiger charge is 1.96. The molecule has 0 saturated carbocycles. The van der Waals surface area contributed by atoms with Gasteiger partial charge in [-0.1, -0.05) is 25.5 Å². The lowest BCUT2D eigenvalue weighted by molar-refractivity contribution is -0.671. The van der Waals surface area contributed by atoms with E-state index in [9.17, 15) is 9.90 Å². The third kappa shape index (κ3) is 5.93. The Hall–Kier alpha value is -1.75. The van der Waals surface area contributed by atoms with Crippen LogP contribution in [-0.2, 0) is 13.6 Å². The summed E-state index contributed by atoms with van der Waals surface area (Å²) in [6.07, 6.45) is 8.82. The Bertz CT molecular complexity index is 535. The number of thiol groups is 1. The highest BCUT2D eigenvalue weighted by atomic mass is 32.1. The number of carboxylic acids is 1. The molecule has 0 bridgehead atoms. The molecule has 0 unspecified atom stereocenters. The van der Waals surface area contributed by atoms with Crippen LogP contribution in [0.3, 0.4) is 0 Å². The van der Waals surface area contributed by atoms with E-state index < -0.39 is 5.97 Å². The summed E-state index contributed by atoms with van der Waals surface area (Å²) in [4.78, 5) is 10.9. The number of aromatic nitrogens is 2. The molecule has 0 spiro atoms. The number of nitrogens with zero attached hydrogens (tertiary/aromatic N) is 2. The van der Waals surface area contributed by atoms with E-state index in [-0.39, 0.29) is 5.56 Å². The van der Waals surface area contributed by atoms with E-state index in [1.165, 1.54) is 25.0 Å². The predicted octanol–water partition coefficient (Wildman–Crippen LogP) is 1.45. The molecule has 108 valence electrons. The van der Waals surface area contributed by atoms with E-state index in [1.54, 1.807) is 12.1 Å². The van der Waals surface area contributed by atoms with Gasteiger partial charge in [0.1, 0.15) is 12.4 Å². The van der Waals surface area contributed by atoms with E-state index in [0.29, 0.717) is 0 Å². The van der Waals surface area contributed by atoms with Crippen molar-refractivity contribution in [3.8, 4) is 0 Å². The Morgan fingerprint density at radius 2 is 2.00 bits per heavy atom. The molecule has 0 radical (unpaired) electrons. The second-order valence-electron chi connectivity index (χ2n) is 4.50. The summed E-state index contributed by atoms with van der Waals surface area (Å²) >= 11 is 3.99. The number of hydrogen-bond donors (Lipinski definition) is 1. The number of carboxylic acid groups (broad SMARTS) is 1. The minimum atomic E-state index is -1.16. The van der Waals surface area contributed by atoms with Crippen LogP contribution in [0.15, 0.2) is 47.9 Å². The van der Waals surface area contributed by atoms with Gasteiger partial charge in [0, 0.05) is 4.90 Å². The number of benzene rings is 1. The first-order valence-corrected chi connectivity index (χ1v) is 6.99. The lowest BCUT2D eigenvalue weighted by atomic mass is 10.2. The Labute approximate surface area is 125 Å². The first-order chi connectivity index (χ1) is 9.52. The fourth-order valence-corrected chi connectivity index (χ4v) is 1.72. The number of hydrogen-bond acceptors (Lipinski definition) is 3. The molecular formula is C15H20N2O2S. The number of rotatable bonds is 4. The minimum Gasteiger partial charge on any atom is -0.545 e. The summed E-state index contributed by atoms with van der Waals surface area (Å²) in [5, 5.41) is 10.2. The van der Waals surface area contributed by atoms with Gasteiger partial charge in [0.2, 0.25) is 6.33 Å². The van der Waals surface area contributed by atoms with Crippen LogP contribution in [0.5, 0.6) is 0 Å². The number of aryl methyl sites for hydroxylation is 2. The molecule has 0 aliphatic carbocycles. The lowest BCUT2D eigenvalue weighted by Crippen LogP contribution is -2.23. The van der Waals surface area contributed by atoms with Crippen molar-refractivity contribution in [2.24, 2.45) is 7.05 Å². The van der Waals surface area contributed by atoms with Gasteiger partial charge in [0.05, 0.1) is 19.6 Å². The SMILES string of the molecule is CCCCn1cc[n+](C)c1.O=C([O-])c1ccc(S)cc1. The van der Waals surface area contributed by atoms with Crippen LogP contribution < -0.4 is 9.67 Å². The van der Waals surface area contributed by atoms with Crippen molar-refractivity contribution >= 4 is 18.6 Å². The minimum absolute atomic E-state index is 0.179. The van der Waals surface area contributed by atoms with Crippen molar-refractivity contribution in [3.05, 3.63) is 48.5 Å². The normalized spacial score (nSPS) is 9.75. The van der Waals surface area contributed by atoms with Gasteiger partial charge >= 0.3 is 0 Å². The van der Waals surface area contributed by atoms with Crippen molar-refractivity contribution in [1.82, 2.24) is 4.57 Å². The van der Waals surface area contributed by atoms with Crippen LogP contribution in [0.1, 0.15) is 30.1 Å². The quantitative estimate of drug-likeness (QED) is 0.685. The van der Waals surface area contributed by atoms with Crippen LogP contribution in [-0.4, -0.2) is 10.5 Å². The summed E-state index contributed by atoms with van der Waals surface area (Å²) in [5.74, 6) is -1.16. The smallest absolute Gasteiger partial charge is 0.243 e. The van der Waals surface area contributed by atoms with Gasteiger partial charge in [0.15, 0.2) is 0 Å². The highest BCUT2D eigenvalue weighted by Crippen LogP contribution is 2.06. The monoisotopic (exact) mass is 292 g/mol. The molecular weight excluding hydrogens is 272 g/mol. The van der Waals surface area contributed by atoms with Crippen molar-refractivity contribution in [1.29, 1.82) is 0 Å². The summed E-state index contributed by atoms with van der Waals surface area (Å²) in [7, 11) is 2.04. The van der Waals surface area contributed by atoms with Gasteiger partial charge in [-0.2, -0.15) is 0 Å². The maximum absolute atomic E-state index is 10.2. The first-order valence-electron chi connectivity index (χ1n) is 6.54. The third-order valence-electron chi connectivity index (χ3n) is 2.70. The van der Waals surface area contributed by atoms with Gasteiger partial charge in [-0.15, -0.1) is 12.6 Å². The summed E-state index contributed by atoms with van der Waals surface area (Å²) in [5.41, 5.74) is 0.179. The first kappa shape index (κ1) is 16.3. The summed E-state index contributed by atoms with van der Waals surface area (Å²) in [6, 6.07) is 6.12. The Morgan fingerprint density at radius 1 is 1.35 bits per heavy atom. The van der Waals surface area contributed by atoms with E-state index in [2.05, 4.69) is 47.4 Å². The molecule has 5 heteroatoms. The van der Waals surface area contributed by atoms with Gasteiger partial charge < -0.3 is 9.90 Å². The molecule has 0 saturated heterocycles. The Balaban J connectivity index is 0.000000200. The fourth-order valence-electron chi connectivity index (χ4n) is 1.57.